The normalized spacial score (nSPS) is 15.9. The fourth-order valence-electron chi connectivity index (χ4n) is 7.64. The van der Waals surface area contributed by atoms with Crippen LogP contribution in [0.4, 0.5) is 14.5 Å². The molecule has 2 aliphatic heterocycles. The standard InChI is InChI=1S/C43H44F2N4O5/c1-27-30(10-7-11-40(27)53-4)23-48(32-12-14-34(50)15-13-32)43(52)41-28(2)46(3)26-37(41)35-21-38(44)39(45)22-36(35)42(51)49-24-31-9-6-5-8-29(31)20-33(49)25-47-16-18-54-19-17-47/h5-15,21-22,26,33,50H,16-20,23-25H2,1-4H3/t33-/m0/s1. The molecule has 1 fully saturated rings. The molecule has 2 aliphatic rings. The monoisotopic (exact) mass is 734 g/mol. The first kappa shape index (κ1) is 36.8. The van der Waals surface area contributed by atoms with Crippen LogP contribution in [0.15, 0.2) is 85.1 Å². The minimum Gasteiger partial charge on any atom is -0.508 e. The largest absolute Gasteiger partial charge is 0.508 e. The number of nitrogens with zero attached hydrogens (tertiary/aromatic N) is 4. The smallest absolute Gasteiger partial charge is 0.261 e. The van der Waals surface area contributed by atoms with E-state index in [-0.39, 0.29) is 35.0 Å². The van der Waals surface area contributed by atoms with E-state index in [1.54, 1.807) is 53.8 Å². The molecular weight excluding hydrogens is 690 g/mol. The molecule has 1 atom stereocenters. The van der Waals surface area contributed by atoms with Gasteiger partial charge in [0.25, 0.3) is 11.8 Å². The number of fused-ring (bicyclic) bond motifs is 1. The van der Waals surface area contributed by atoms with Gasteiger partial charge in [0.2, 0.25) is 0 Å². The minimum absolute atomic E-state index is 0.0280. The number of carbonyl (C=O) groups excluding carboxylic acids is 2. The Kier molecular flexibility index (Phi) is 10.5. The number of amides is 2. The molecule has 1 aromatic heterocycles. The van der Waals surface area contributed by atoms with Crippen molar-refractivity contribution in [3.05, 3.63) is 136 Å². The van der Waals surface area contributed by atoms with E-state index in [9.17, 15) is 9.90 Å². The Morgan fingerprint density at radius 3 is 2.35 bits per heavy atom. The highest BCUT2D eigenvalue weighted by molar-refractivity contribution is 6.13. The van der Waals surface area contributed by atoms with Crippen molar-refractivity contribution in [3.63, 3.8) is 0 Å². The Morgan fingerprint density at radius 1 is 0.926 bits per heavy atom. The van der Waals surface area contributed by atoms with Gasteiger partial charge in [-0.25, -0.2) is 8.78 Å². The Hall–Kier alpha value is -5.52. The maximum atomic E-state index is 15.4. The molecule has 0 saturated carbocycles. The molecule has 1 N–H and O–H groups in total. The molecule has 2 amide bonds. The second-order valence-electron chi connectivity index (χ2n) is 14.1. The highest BCUT2D eigenvalue weighted by atomic mass is 19.2. The van der Waals surface area contributed by atoms with Crippen LogP contribution in [0.5, 0.6) is 11.5 Å². The van der Waals surface area contributed by atoms with Crippen LogP contribution in [-0.4, -0.2) is 77.3 Å². The predicted molar refractivity (Wildman–Crippen MR) is 203 cm³/mol. The summed E-state index contributed by atoms with van der Waals surface area (Å²) >= 11 is 0. The van der Waals surface area contributed by atoms with Gasteiger partial charge in [0, 0.05) is 62.4 Å². The average Bonchev–Trinajstić information content (AvgIpc) is 3.48. The van der Waals surface area contributed by atoms with E-state index in [1.165, 1.54) is 12.1 Å². The number of halogens is 2. The SMILES string of the molecule is COc1cccc(CN(C(=O)c2c(-c3cc(F)c(F)cc3C(=O)N3Cc4ccccc4C[C@H]3CN3CCOCC3)cn(C)c2C)c2ccc(O)cc2)c1C. The van der Waals surface area contributed by atoms with Crippen LogP contribution in [0.1, 0.15) is 48.7 Å². The number of aryl methyl sites for hydroxylation is 1. The number of aromatic nitrogens is 1. The molecule has 7 rings (SSSR count). The van der Waals surface area contributed by atoms with Gasteiger partial charge in [-0.2, -0.15) is 0 Å². The lowest BCUT2D eigenvalue weighted by Gasteiger charge is -2.40. The molecule has 0 bridgehead atoms. The lowest BCUT2D eigenvalue weighted by molar-refractivity contribution is 0.0193. The van der Waals surface area contributed by atoms with Gasteiger partial charge in [0.05, 0.1) is 38.0 Å². The molecular formula is C43H44F2N4O5. The zero-order chi connectivity index (χ0) is 38.1. The number of phenols is 1. The predicted octanol–water partition coefficient (Wildman–Crippen LogP) is 7.05. The number of aromatic hydroxyl groups is 1. The van der Waals surface area contributed by atoms with Crippen molar-refractivity contribution in [3.8, 4) is 22.6 Å². The number of rotatable bonds is 9. The van der Waals surface area contributed by atoms with E-state index < -0.39 is 23.4 Å². The molecule has 0 unspecified atom stereocenters. The van der Waals surface area contributed by atoms with E-state index in [2.05, 4.69) is 11.0 Å². The van der Waals surface area contributed by atoms with Gasteiger partial charge in [-0.3, -0.25) is 14.5 Å². The number of ether oxygens (including phenoxy) is 2. The summed E-state index contributed by atoms with van der Waals surface area (Å²) in [6.07, 6.45) is 2.30. The Labute approximate surface area is 313 Å². The fourth-order valence-corrected chi connectivity index (χ4v) is 7.64. The molecule has 280 valence electrons. The van der Waals surface area contributed by atoms with Crippen molar-refractivity contribution in [1.82, 2.24) is 14.4 Å². The molecule has 0 spiro atoms. The van der Waals surface area contributed by atoms with Crippen LogP contribution in [0.25, 0.3) is 11.1 Å². The van der Waals surface area contributed by atoms with Gasteiger partial charge in [0.1, 0.15) is 11.5 Å². The first-order valence-corrected chi connectivity index (χ1v) is 18.1. The number of carbonyl (C=O) groups is 2. The van der Waals surface area contributed by atoms with Crippen molar-refractivity contribution < 1.29 is 33.0 Å². The van der Waals surface area contributed by atoms with Crippen LogP contribution in [0.2, 0.25) is 0 Å². The molecule has 4 aromatic carbocycles. The highest BCUT2D eigenvalue weighted by Crippen LogP contribution is 2.37. The zero-order valence-electron chi connectivity index (χ0n) is 30.9. The van der Waals surface area contributed by atoms with E-state index >= 15 is 13.6 Å². The fraction of sp³-hybridized carbons (Fsp3) is 0.302. The maximum absolute atomic E-state index is 15.4. The quantitative estimate of drug-likeness (QED) is 0.175. The van der Waals surface area contributed by atoms with E-state index in [4.69, 9.17) is 9.47 Å². The third kappa shape index (κ3) is 7.21. The highest BCUT2D eigenvalue weighted by Gasteiger charge is 2.35. The summed E-state index contributed by atoms with van der Waals surface area (Å²) in [5.74, 6) is -2.44. The van der Waals surface area contributed by atoms with Gasteiger partial charge in [-0.15, -0.1) is 0 Å². The lowest BCUT2D eigenvalue weighted by atomic mass is 9.91. The number of morpholine rings is 1. The summed E-state index contributed by atoms with van der Waals surface area (Å²) in [4.78, 5) is 35.5. The lowest BCUT2D eigenvalue weighted by Crippen LogP contribution is -2.52. The maximum Gasteiger partial charge on any atom is 0.261 e. The van der Waals surface area contributed by atoms with Crippen molar-refractivity contribution >= 4 is 17.5 Å². The number of benzene rings is 4. The number of anilines is 1. The van der Waals surface area contributed by atoms with Gasteiger partial charge in [-0.05, 0) is 90.6 Å². The minimum atomic E-state index is -1.15. The topological polar surface area (TPSA) is 87.5 Å². The summed E-state index contributed by atoms with van der Waals surface area (Å²) in [5, 5.41) is 10.1. The van der Waals surface area contributed by atoms with Crippen molar-refractivity contribution in [2.45, 2.75) is 39.4 Å². The number of hydrogen-bond donors (Lipinski definition) is 1. The van der Waals surface area contributed by atoms with Crippen molar-refractivity contribution in [1.29, 1.82) is 0 Å². The number of phenolic OH excluding ortho intramolecular Hbond substituents is 1. The molecule has 54 heavy (non-hydrogen) atoms. The van der Waals surface area contributed by atoms with Gasteiger partial charge < -0.3 is 28.9 Å². The summed E-state index contributed by atoms with van der Waals surface area (Å²) in [7, 11) is 3.36. The summed E-state index contributed by atoms with van der Waals surface area (Å²) < 4.78 is 43.6. The molecule has 0 aliphatic carbocycles. The van der Waals surface area contributed by atoms with Gasteiger partial charge >= 0.3 is 0 Å². The van der Waals surface area contributed by atoms with Crippen LogP contribution in [0, 0.1) is 25.5 Å². The first-order chi connectivity index (χ1) is 26.0. The summed E-state index contributed by atoms with van der Waals surface area (Å²) in [6.45, 7) is 7.41. The van der Waals surface area contributed by atoms with E-state index in [1.807, 2.05) is 43.3 Å². The average molecular weight is 735 g/mol. The molecule has 1 saturated heterocycles. The first-order valence-electron chi connectivity index (χ1n) is 18.1. The second-order valence-corrected chi connectivity index (χ2v) is 14.1. The Morgan fingerprint density at radius 2 is 1.63 bits per heavy atom. The van der Waals surface area contributed by atoms with Gasteiger partial charge in [0.15, 0.2) is 11.6 Å². The molecule has 3 heterocycles. The van der Waals surface area contributed by atoms with Gasteiger partial charge in [-0.1, -0.05) is 36.4 Å². The third-order valence-electron chi connectivity index (χ3n) is 10.8. The molecule has 9 nitrogen and oxygen atoms in total. The van der Waals surface area contributed by atoms with E-state index in [0.717, 1.165) is 47.5 Å². The number of hydrogen-bond acceptors (Lipinski definition) is 6. The number of methoxy groups -OCH3 is 1. The van der Waals surface area contributed by atoms with Crippen molar-refractivity contribution in [2.75, 3.05) is 44.9 Å². The second kappa shape index (κ2) is 15.5. The molecule has 11 heteroatoms. The Balaban J connectivity index is 1.33. The van der Waals surface area contributed by atoms with Crippen LogP contribution < -0.4 is 9.64 Å². The third-order valence-corrected chi connectivity index (χ3v) is 10.8. The van der Waals surface area contributed by atoms with Crippen LogP contribution in [0.3, 0.4) is 0 Å². The van der Waals surface area contributed by atoms with Crippen LogP contribution in [-0.2, 0) is 31.3 Å². The van der Waals surface area contributed by atoms with E-state index in [0.29, 0.717) is 55.4 Å². The molecule has 0 radical (unpaired) electrons. The summed E-state index contributed by atoms with van der Waals surface area (Å²) in [5.41, 5.74) is 5.54. The Bertz CT molecular complexity index is 2200. The van der Waals surface area contributed by atoms with Crippen LogP contribution >= 0.6 is 0 Å². The molecule has 5 aromatic rings. The van der Waals surface area contributed by atoms with Crippen molar-refractivity contribution in [2.24, 2.45) is 7.05 Å². The summed E-state index contributed by atoms with van der Waals surface area (Å²) in [6, 6.07) is 21.7. The zero-order valence-corrected chi connectivity index (χ0v) is 30.9.